The molecule has 0 saturated carbocycles. The van der Waals surface area contributed by atoms with E-state index >= 15 is 0 Å². The first kappa shape index (κ1) is 37.5. The van der Waals surface area contributed by atoms with E-state index in [-0.39, 0.29) is 17.5 Å². The van der Waals surface area contributed by atoms with Crippen molar-refractivity contribution in [3.8, 4) is 11.5 Å². The molecule has 0 aliphatic carbocycles. The third-order valence-corrected chi connectivity index (χ3v) is 14.9. The highest BCUT2D eigenvalue weighted by molar-refractivity contribution is 7.32. The lowest BCUT2D eigenvalue weighted by Crippen LogP contribution is -2.49. The van der Waals surface area contributed by atoms with E-state index in [2.05, 4.69) is 48.8 Å². The number of ether oxygens (including phenoxy) is 4. The molecule has 3 N–H and O–H groups in total. The number of aromatic nitrogens is 4. The van der Waals surface area contributed by atoms with Crippen LogP contribution in [0.4, 0.5) is 5.82 Å². The van der Waals surface area contributed by atoms with E-state index in [0.717, 1.165) is 16.7 Å². The van der Waals surface area contributed by atoms with Crippen molar-refractivity contribution in [2.75, 3.05) is 26.6 Å². The number of nitrogens with zero attached hydrogens (tertiary/aromatic N) is 4. The van der Waals surface area contributed by atoms with Crippen molar-refractivity contribution in [2.45, 2.75) is 69.0 Å². The van der Waals surface area contributed by atoms with Gasteiger partial charge >= 0.3 is 8.25 Å². The Hall–Kier alpha value is -4.27. The smallest absolute Gasteiger partial charge is 0.497 e. The second-order valence-corrected chi connectivity index (χ2v) is 19.6. The molecule has 1 aliphatic rings. The highest BCUT2D eigenvalue weighted by Crippen LogP contribution is 2.47. The lowest BCUT2D eigenvalue weighted by molar-refractivity contribution is -0.0920. The first-order valence-corrected chi connectivity index (χ1v) is 20.9. The van der Waals surface area contributed by atoms with Crippen molar-refractivity contribution in [1.82, 2.24) is 19.5 Å². The minimum absolute atomic E-state index is 0.0849. The van der Waals surface area contributed by atoms with Gasteiger partial charge in [-0.1, -0.05) is 75.4 Å². The van der Waals surface area contributed by atoms with E-state index in [1.807, 2.05) is 78.9 Å². The fourth-order valence-corrected chi connectivity index (χ4v) is 8.03. The van der Waals surface area contributed by atoms with E-state index < -0.39 is 46.7 Å². The molecule has 1 saturated heterocycles. The molecule has 15 heteroatoms. The second-order valence-electron chi connectivity index (χ2n) is 14.1. The van der Waals surface area contributed by atoms with Crippen molar-refractivity contribution in [2.24, 2.45) is 0 Å². The molecule has 2 aromatic heterocycles. The minimum Gasteiger partial charge on any atom is -0.497 e. The van der Waals surface area contributed by atoms with Gasteiger partial charge in [-0.05, 0) is 59.1 Å². The number of nitrogens with two attached hydrogens (primary N) is 1. The van der Waals surface area contributed by atoms with Crippen molar-refractivity contribution >= 4 is 33.6 Å². The summed E-state index contributed by atoms with van der Waals surface area (Å²) in [6.45, 7) is 10.5. The number of benzene rings is 3. The molecule has 1 fully saturated rings. The second kappa shape index (κ2) is 15.0. The molecule has 0 radical (unpaired) electrons. The molecule has 1 aliphatic heterocycles. The maximum atomic E-state index is 12.6. The molecule has 52 heavy (non-hydrogen) atoms. The number of fused-ring (bicyclic) bond motifs is 1. The normalized spacial score (nSPS) is 19.9. The van der Waals surface area contributed by atoms with Crippen LogP contribution in [0.25, 0.3) is 11.2 Å². The van der Waals surface area contributed by atoms with Crippen LogP contribution in [-0.4, -0.2) is 71.9 Å². The Bertz CT molecular complexity index is 1940. The molecular weight excluding hydrogens is 701 g/mol. The monoisotopic (exact) mass is 746 g/mol. The van der Waals surface area contributed by atoms with Crippen LogP contribution in [0.5, 0.6) is 11.5 Å². The number of methoxy groups -OCH3 is 2. The summed E-state index contributed by atoms with van der Waals surface area (Å²) in [6, 6.07) is 25.2. The fourth-order valence-electron chi connectivity index (χ4n) is 6.28. The Morgan fingerprint density at radius 3 is 1.98 bits per heavy atom. The van der Waals surface area contributed by atoms with Gasteiger partial charge in [0.1, 0.15) is 41.2 Å². The number of hydrogen-bond acceptors (Lipinski definition) is 11. The summed E-state index contributed by atoms with van der Waals surface area (Å²) in [4.78, 5) is 23.3. The predicted octanol–water partition coefficient (Wildman–Crippen LogP) is 6.76. The largest absolute Gasteiger partial charge is 0.695 e. The zero-order valence-electron chi connectivity index (χ0n) is 30.3. The standard InChI is InChI=1S/C37H44N5O8PSi/c1-36(2,3)52(6,7)50-32-31(49-51(43)44)29(48-35(32)42-23-41-30-33(38)39-22-40-34(30)42)21-47-37(24-11-9-8-10-12-24,25-13-17-27(45-4)18-14-25)26-15-19-28(46-5)20-16-26/h8-20,22-23,29,31-32,35H,21H2,1-7H3,(H2-,38,39,40,43,44)/p+1/t29-,31-,32-,35-/m1/s1. The van der Waals surface area contributed by atoms with Gasteiger partial charge in [0.25, 0.3) is 0 Å². The number of hydrogen-bond donors (Lipinski definition) is 2. The average Bonchev–Trinajstić information content (AvgIpc) is 3.70. The molecular formula is C37H45N5O8PSi+. The maximum absolute atomic E-state index is 12.6. The van der Waals surface area contributed by atoms with Crippen LogP contribution in [0, 0.1) is 0 Å². The highest BCUT2D eigenvalue weighted by Gasteiger charge is 2.56. The van der Waals surface area contributed by atoms with Crippen LogP contribution >= 0.6 is 8.25 Å². The van der Waals surface area contributed by atoms with Crippen LogP contribution in [0.3, 0.4) is 0 Å². The first-order valence-electron chi connectivity index (χ1n) is 16.9. The van der Waals surface area contributed by atoms with Crippen molar-refractivity contribution in [3.05, 3.63) is 108 Å². The molecule has 5 atom stereocenters. The highest BCUT2D eigenvalue weighted by atomic mass is 31.1. The van der Waals surface area contributed by atoms with Crippen molar-refractivity contribution < 1.29 is 37.4 Å². The zero-order valence-corrected chi connectivity index (χ0v) is 32.2. The van der Waals surface area contributed by atoms with E-state index in [0.29, 0.717) is 22.7 Å². The molecule has 274 valence electrons. The molecule has 0 bridgehead atoms. The number of rotatable bonds is 13. The summed E-state index contributed by atoms with van der Waals surface area (Å²) in [5.74, 6) is 1.58. The Morgan fingerprint density at radius 2 is 1.44 bits per heavy atom. The summed E-state index contributed by atoms with van der Waals surface area (Å²) in [5, 5.41) is -0.215. The Labute approximate surface area is 305 Å². The van der Waals surface area contributed by atoms with Crippen LogP contribution in [0.2, 0.25) is 18.1 Å². The number of nitrogen functional groups attached to an aromatic ring is 1. The third-order valence-electron chi connectivity index (χ3n) is 10.0. The predicted molar refractivity (Wildman–Crippen MR) is 199 cm³/mol. The SMILES string of the molecule is COc1ccc(C(OC[C@H]2O[C@@H](n3cnc4c(N)ncnc43)[C@H](O[Si](C)(C)C(C)(C)C)[C@@H]2O[P+](=O)O)(c2ccccc2)c2ccc(OC)cc2)cc1. The van der Waals surface area contributed by atoms with Crippen LogP contribution in [0.1, 0.15) is 43.7 Å². The fraction of sp³-hybridized carbons (Fsp3) is 0.378. The van der Waals surface area contributed by atoms with Gasteiger partial charge in [0.15, 0.2) is 32.1 Å². The van der Waals surface area contributed by atoms with Gasteiger partial charge in [0.2, 0.25) is 0 Å². The molecule has 5 aromatic rings. The number of anilines is 1. The third kappa shape index (κ3) is 7.20. The van der Waals surface area contributed by atoms with E-state index in [1.165, 1.54) is 6.33 Å². The van der Waals surface area contributed by atoms with Gasteiger partial charge in [-0.3, -0.25) is 4.57 Å². The molecule has 3 heterocycles. The van der Waals surface area contributed by atoms with Gasteiger partial charge in [0, 0.05) is 4.57 Å². The van der Waals surface area contributed by atoms with Gasteiger partial charge in [-0.25, -0.2) is 15.0 Å². The molecule has 1 unspecified atom stereocenters. The molecule has 0 amide bonds. The van der Waals surface area contributed by atoms with Crippen molar-refractivity contribution in [1.29, 1.82) is 0 Å². The molecule has 0 spiro atoms. The summed E-state index contributed by atoms with van der Waals surface area (Å²) in [6.07, 6.45) is -0.764. The van der Waals surface area contributed by atoms with Gasteiger partial charge in [-0.15, -0.1) is 9.42 Å². The summed E-state index contributed by atoms with van der Waals surface area (Å²) in [5.41, 5.74) is 8.25. The van der Waals surface area contributed by atoms with Crippen molar-refractivity contribution in [3.63, 3.8) is 0 Å². The molecule has 13 nitrogen and oxygen atoms in total. The topological polar surface area (TPSA) is 162 Å². The van der Waals surface area contributed by atoms with E-state index in [1.54, 1.807) is 25.1 Å². The van der Waals surface area contributed by atoms with Gasteiger partial charge in [0.05, 0.1) is 27.2 Å². The van der Waals surface area contributed by atoms with E-state index in [4.69, 9.17) is 33.6 Å². The van der Waals surface area contributed by atoms with Crippen LogP contribution in [-0.2, 0) is 28.6 Å². The summed E-state index contributed by atoms with van der Waals surface area (Å²) >= 11 is 0. The summed E-state index contributed by atoms with van der Waals surface area (Å²) < 4.78 is 52.1. The number of imidazole rings is 1. The lowest BCUT2D eigenvalue weighted by atomic mass is 9.80. The Morgan fingerprint density at radius 1 is 0.865 bits per heavy atom. The van der Waals surface area contributed by atoms with Gasteiger partial charge in [-0.2, -0.15) is 0 Å². The minimum atomic E-state index is -3.08. The Kier molecular flexibility index (Phi) is 10.8. The van der Waals surface area contributed by atoms with Crippen LogP contribution in [0.15, 0.2) is 91.5 Å². The molecule has 6 rings (SSSR count). The van der Waals surface area contributed by atoms with Gasteiger partial charge < -0.3 is 29.1 Å². The average molecular weight is 747 g/mol. The van der Waals surface area contributed by atoms with Crippen LogP contribution < -0.4 is 15.2 Å². The van der Waals surface area contributed by atoms with E-state index in [9.17, 15) is 9.46 Å². The first-order chi connectivity index (χ1) is 24.8. The zero-order chi connectivity index (χ0) is 37.3. The Balaban J connectivity index is 1.49. The summed E-state index contributed by atoms with van der Waals surface area (Å²) in [7, 11) is -2.40. The maximum Gasteiger partial charge on any atom is 0.695 e. The quantitative estimate of drug-likeness (QED) is 0.0741. The molecule has 3 aromatic carbocycles. The lowest BCUT2D eigenvalue weighted by Gasteiger charge is -2.40.